The van der Waals surface area contributed by atoms with Crippen molar-refractivity contribution in [1.82, 2.24) is 14.5 Å². The van der Waals surface area contributed by atoms with Crippen molar-refractivity contribution < 1.29 is 28.3 Å². The van der Waals surface area contributed by atoms with E-state index in [9.17, 15) is 0 Å². The first-order valence-corrected chi connectivity index (χ1v) is 28.0. The van der Waals surface area contributed by atoms with E-state index in [1.165, 1.54) is 44.1 Å². The molecule has 0 spiro atoms. The van der Waals surface area contributed by atoms with Crippen LogP contribution in [0.4, 0.5) is 0 Å². The normalized spacial score (nSPS) is 13.6. The van der Waals surface area contributed by atoms with Gasteiger partial charge in [-0.15, -0.1) is 23.8 Å². The second-order valence-corrected chi connectivity index (χ2v) is 28.3. The first-order valence-electron chi connectivity index (χ1n) is 22.9. The van der Waals surface area contributed by atoms with Crippen LogP contribution in [0.15, 0.2) is 134 Å². The Hall–Kier alpha value is -4.65. The minimum atomic E-state index is -2.50. The molecule has 6 heteroatoms. The summed E-state index contributed by atoms with van der Waals surface area (Å²) in [5.41, 5.74) is 10.5. The van der Waals surface area contributed by atoms with E-state index >= 15 is 0 Å². The van der Waals surface area contributed by atoms with Crippen LogP contribution in [0.25, 0.3) is 70.7 Å². The second-order valence-electron chi connectivity index (χ2n) is 16.5. The summed E-state index contributed by atoms with van der Waals surface area (Å²) in [6.07, 6.45) is 2.04. The van der Waals surface area contributed by atoms with Gasteiger partial charge in [0.25, 0.3) is 0 Å². The minimum absolute atomic E-state index is 0. The molecule has 9 rings (SSSR count). The summed E-state index contributed by atoms with van der Waals surface area (Å²) in [6.45, 7) is 3.95. The van der Waals surface area contributed by atoms with Crippen LogP contribution >= 0.6 is 11.3 Å². The summed E-state index contributed by atoms with van der Waals surface area (Å²) < 4.78 is 54.1. The van der Waals surface area contributed by atoms with E-state index in [-0.39, 0.29) is 43.1 Å². The van der Waals surface area contributed by atoms with Gasteiger partial charge < -0.3 is 4.57 Å². The topological polar surface area (TPSA) is 30.7 Å². The van der Waals surface area contributed by atoms with Crippen molar-refractivity contribution in [1.29, 1.82) is 0 Å². The Balaban J connectivity index is 0.000000313. The number of pyridine rings is 1. The first-order chi connectivity index (χ1) is 30.3. The molecule has 0 N–H and O–H groups in total. The van der Waals surface area contributed by atoms with Crippen molar-refractivity contribution in [2.75, 3.05) is 0 Å². The molecule has 0 atom stereocenters. The van der Waals surface area contributed by atoms with Crippen LogP contribution in [0, 0.1) is 25.8 Å². The molecule has 0 amide bonds. The van der Waals surface area contributed by atoms with Crippen LogP contribution in [0.3, 0.4) is 0 Å². The molecule has 6 aromatic carbocycles. The molecule has 3 heterocycles. The van der Waals surface area contributed by atoms with E-state index in [0.717, 1.165) is 43.6 Å². The molecule has 0 saturated heterocycles. The molecule has 0 fully saturated rings. The fourth-order valence-corrected chi connectivity index (χ4v) is 10.9. The van der Waals surface area contributed by atoms with Crippen molar-refractivity contribution in [3.8, 4) is 39.5 Å². The summed E-state index contributed by atoms with van der Waals surface area (Å²) >= 11 is -0.330. The SMILES string of the molecule is [2H]C([2H])([2H])c1cc(C([2H])([2H])[2H])c2c(c1)sc1c[c-]c(-c3nc4ccccc4n3-c3c(C(C)C)cc(-c4ccccc4)cc3C(C)C)cc12.[CH3][Ge]([CH3])([CH3])[c]1ccc(-c2[c-]cccc2)nc1.[Ir]. The third kappa shape index (κ3) is 8.67. The smallest absolute Gasteiger partial charge is 0 e. The predicted octanol–water partition coefficient (Wildman–Crippen LogP) is 14.5. The summed E-state index contributed by atoms with van der Waals surface area (Å²) in [5, 5.41) is 1.30. The maximum absolute atomic E-state index is 8.34. The van der Waals surface area contributed by atoms with Gasteiger partial charge in [0.05, 0.1) is 16.9 Å². The van der Waals surface area contributed by atoms with E-state index in [2.05, 4.69) is 121 Å². The molecular formula is C53H51GeIrN3S-2. The zero-order valence-electron chi connectivity index (χ0n) is 40.4. The number of aryl methyl sites for hydroxylation is 2. The molecule has 299 valence electrons. The maximum Gasteiger partial charge on any atom is 0 e. The number of nitrogens with zero attached hydrogens (tertiary/aromatic N) is 3. The molecular weight excluding hydrogens is 975 g/mol. The third-order valence-electron chi connectivity index (χ3n) is 10.7. The Bertz CT molecular complexity index is 3080. The van der Waals surface area contributed by atoms with Gasteiger partial charge in [0, 0.05) is 38.7 Å². The van der Waals surface area contributed by atoms with Crippen molar-refractivity contribution >= 4 is 60.2 Å². The molecule has 3 nitrogen and oxygen atoms in total. The number of hydrogen-bond donors (Lipinski definition) is 0. The molecule has 59 heavy (non-hydrogen) atoms. The van der Waals surface area contributed by atoms with Crippen molar-refractivity contribution in [2.45, 2.75) is 70.5 Å². The van der Waals surface area contributed by atoms with Crippen LogP contribution in [-0.2, 0) is 20.1 Å². The number of hydrogen-bond acceptors (Lipinski definition) is 3. The number of thiophene rings is 1. The third-order valence-corrected chi connectivity index (χ3v) is 16.0. The van der Waals surface area contributed by atoms with Gasteiger partial charge in [0.1, 0.15) is 0 Å². The number of benzene rings is 6. The molecule has 0 aliphatic carbocycles. The van der Waals surface area contributed by atoms with Crippen molar-refractivity contribution in [3.63, 3.8) is 0 Å². The molecule has 1 radical (unpaired) electrons. The Kier molecular flexibility index (Phi) is 10.4. The van der Waals surface area contributed by atoms with E-state index in [0.29, 0.717) is 15.9 Å². The van der Waals surface area contributed by atoms with Crippen LogP contribution in [0.2, 0.25) is 17.3 Å². The molecule has 3 aromatic heterocycles. The zero-order chi connectivity index (χ0) is 45.7. The fraction of sp³-hybridized carbons (Fsp3) is 0.208. The largest absolute Gasteiger partial charge is 0 e. The Morgan fingerprint density at radius 2 is 1.44 bits per heavy atom. The number of para-hydroxylation sites is 2. The van der Waals surface area contributed by atoms with Gasteiger partial charge in [-0.3, -0.25) is 4.98 Å². The summed E-state index contributed by atoms with van der Waals surface area (Å²) in [7, 11) is 0. The van der Waals surface area contributed by atoms with Crippen LogP contribution < -0.4 is 4.40 Å². The fourth-order valence-electron chi connectivity index (χ4n) is 7.58. The molecule has 0 unspecified atom stereocenters. The van der Waals surface area contributed by atoms with Gasteiger partial charge >= 0.3 is 99.8 Å². The van der Waals surface area contributed by atoms with Crippen LogP contribution in [-0.4, -0.2) is 27.8 Å². The van der Waals surface area contributed by atoms with Crippen LogP contribution in [0.1, 0.15) is 70.0 Å². The standard InChI is InChI=1S/C39H35N2S.C14H16GeN.Ir/c1-23(2)30-21-29(27-12-8-7-9-13-27)22-31(24(3)4)38(30)41-34-15-11-10-14-33(34)40-39(41)28-16-17-35-32(20-28)37-26(6)18-25(5)19-36(37)42-35;1-15(2,3)13-9-10-14(16-11-13)12-7-5-4-6-8-12;/h7-15,17-24H,1-6H3;4-7,9-11H,1-3H3;/q2*-1;/i5D3,6D3;;. The monoisotopic (exact) mass is 1030 g/mol. The summed E-state index contributed by atoms with van der Waals surface area (Å²) in [6, 6.07) is 48.9. The number of imidazole rings is 1. The molecule has 0 aliphatic rings. The maximum atomic E-state index is 8.34. The number of aromatic nitrogens is 3. The molecule has 0 saturated carbocycles. The van der Waals surface area contributed by atoms with Gasteiger partial charge in [0.2, 0.25) is 0 Å². The predicted molar refractivity (Wildman–Crippen MR) is 253 cm³/mol. The minimum Gasteiger partial charge on any atom is 0 e. The van der Waals surface area contributed by atoms with Gasteiger partial charge in [-0.05, 0) is 99.3 Å². The van der Waals surface area contributed by atoms with Crippen molar-refractivity contribution in [2.24, 2.45) is 0 Å². The summed E-state index contributed by atoms with van der Waals surface area (Å²) in [4.78, 5) is 9.71. The van der Waals surface area contributed by atoms with E-state index in [1.54, 1.807) is 6.07 Å². The zero-order valence-corrected chi connectivity index (χ0v) is 39.7. The molecule has 0 aliphatic heterocycles. The molecule has 0 bridgehead atoms. The van der Waals surface area contributed by atoms with Crippen LogP contribution in [0.5, 0.6) is 0 Å². The van der Waals surface area contributed by atoms with Gasteiger partial charge in [-0.1, -0.05) is 81.6 Å². The Morgan fingerprint density at radius 3 is 2.08 bits per heavy atom. The number of fused-ring (bicyclic) bond motifs is 4. The van der Waals surface area contributed by atoms with E-state index < -0.39 is 27.0 Å². The van der Waals surface area contributed by atoms with Gasteiger partial charge in [-0.2, -0.15) is 11.3 Å². The Morgan fingerprint density at radius 1 is 0.712 bits per heavy atom. The number of rotatable bonds is 7. The van der Waals surface area contributed by atoms with E-state index in [1.807, 2.05) is 66.9 Å². The second kappa shape index (κ2) is 17.5. The summed E-state index contributed by atoms with van der Waals surface area (Å²) in [5.74, 6) is 8.26. The van der Waals surface area contributed by atoms with Gasteiger partial charge in [0.15, 0.2) is 0 Å². The van der Waals surface area contributed by atoms with Crippen molar-refractivity contribution in [3.05, 3.63) is 168 Å². The van der Waals surface area contributed by atoms with Gasteiger partial charge in [-0.25, -0.2) is 0 Å². The van der Waals surface area contributed by atoms with E-state index in [4.69, 9.17) is 13.2 Å². The quantitative estimate of drug-likeness (QED) is 0.118. The average Bonchev–Trinajstić information content (AvgIpc) is 3.84. The average molecular weight is 1030 g/mol. The first kappa shape index (κ1) is 35.1. The Labute approximate surface area is 378 Å². The molecule has 9 aromatic rings.